The maximum atomic E-state index is 12.9. The molecule has 3 aromatic rings. The van der Waals surface area contributed by atoms with E-state index in [9.17, 15) is 19.2 Å². The zero-order valence-electron chi connectivity index (χ0n) is 19.7. The smallest absolute Gasteiger partial charge is 0.316 e. The van der Waals surface area contributed by atoms with Crippen LogP contribution in [0.15, 0.2) is 71.2 Å². The van der Waals surface area contributed by atoms with Crippen LogP contribution in [-0.4, -0.2) is 35.1 Å². The van der Waals surface area contributed by atoms with Gasteiger partial charge in [-0.05, 0) is 61.4 Å². The summed E-state index contributed by atoms with van der Waals surface area (Å²) in [6.45, 7) is 3.98. The van der Waals surface area contributed by atoms with Crippen LogP contribution in [0.4, 0.5) is 5.69 Å². The molecule has 3 aromatic carbocycles. The van der Waals surface area contributed by atoms with Crippen molar-refractivity contribution in [3.8, 4) is 5.75 Å². The van der Waals surface area contributed by atoms with Gasteiger partial charge in [0.15, 0.2) is 0 Å². The fraction of sp³-hybridized carbons (Fsp3) is 0.214. The highest BCUT2D eigenvalue weighted by Crippen LogP contribution is 2.34. The van der Waals surface area contributed by atoms with E-state index in [0.29, 0.717) is 32.6 Å². The standard InChI is InChI=1S/C28H23BrN2O5/c1-16-12-21(9-11-24(16)31-26(33)22-10-8-20(29)14-23(22)27(31)34)36-28(35)19-13-25(32)30(15-19)17(2)18-6-4-3-5-7-18/h3-12,14,17,19H,13,15H2,1-2H3/t17-,19+/m1/s1. The number of rotatable bonds is 5. The van der Waals surface area contributed by atoms with E-state index < -0.39 is 23.7 Å². The number of hydrogen-bond acceptors (Lipinski definition) is 5. The van der Waals surface area contributed by atoms with Crippen molar-refractivity contribution in [2.24, 2.45) is 5.92 Å². The number of fused-ring (bicyclic) bond motifs is 1. The minimum Gasteiger partial charge on any atom is -0.426 e. The number of ether oxygens (including phenoxy) is 1. The number of anilines is 1. The second kappa shape index (κ2) is 9.35. The summed E-state index contributed by atoms with van der Waals surface area (Å²) in [6.07, 6.45) is 0.0949. The summed E-state index contributed by atoms with van der Waals surface area (Å²) < 4.78 is 6.31. The second-order valence-electron chi connectivity index (χ2n) is 9.04. The van der Waals surface area contributed by atoms with Crippen LogP contribution in [0, 0.1) is 12.8 Å². The fourth-order valence-corrected chi connectivity index (χ4v) is 5.11. The van der Waals surface area contributed by atoms with Gasteiger partial charge in [-0.3, -0.25) is 19.2 Å². The van der Waals surface area contributed by atoms with Crippen LogP contribution in [0.3, 0.4) is 0 Å². The molecule has 2 heterocycles. The van der Waals surface area contributed by atoms with Crippen LogP contribution in [0.1, 0.15) is 51.2 Å². The molecule has 2 aliphatic rings. The van der Waals surface area contributed by atoms with Crippen LogP contribution < -0.4 is 9.64 Å². The van der Waals surface area contributed by atoms with Crippen molar-refractivity contribution in [1.82, 2.24) is 4.90 Å². The summed E-state index contributed by atoms with van der Waals surface area (Å²) >= 11 is 3.34. The maximum absolute atomic E-state index is 12.9. The number of likely N-dealkylation sites (tertiary alicyclic amines) is 1. The lowest BCUT2D eigenvalue weighted by Gasteiger charge is -2.25. The van der Waals surface area contributed by atoms with Crippen LogP contribution in [0.5, 0.6) is 5.75 Å². The van der Waals surface area contributed by atoms with E-state index in [1.54, 1.807) is 48.2 Å². The van der Waals surface area contributed by atoms with Gasteiger partial charge in [-0.1, -0.05) is 46.3 Å². The van der Waals surface area contributed by atoms with Crippen molar-refractivity contribution in [1.29, 1.82) is 0 Å². The molecule has 2 atom stereocenters. The van der Waals surface area contributed by atoms with Gasteiger partial charge >= 0.3 is 5.97 Å². The average Bonchev–Trinajstić information content (AvgIpc) is 3.37. The minimum atomic E-state index is -0.571. The lowest BCUT2D eigenvalue weighted by atomic mass is 10.1. The summed E-state index contributed by atoms with van der Waals surface area (Å²) in [5.74, 6) is -1.64. The number of esters is 1. The molecule has 0 spiro atoms. The van der Waals surface area contributed by atoms with E-state index in [0.717, 1.165) is 10.5 Å². The zero-order chi connectivity index (χ0) is 25.6. The molecule has 5 rings (SSSR count). The van der Waals surface area contributed by atoms with Crippen molar-refractivity contribution in [2.45, 2.75) is 26.3 Å². The maximum Gasteiger partial charge on any atom is 0.316 e. The Morgan fingerprint density at radius 3 is 2.42 bits per heavy atom. The summed E-state index contributed by atoms with van der Waals surface area (Å²) in [5.41, 5.74) is 2.72. The number of hydrogen-bond donors (Lipinski definition) is 0. The number of nitrogens with zero attached hydrogens (tertiary/aromatic N) is 2. The molecule has 182 valence electrons. The van der Waals surface area contributed by atoms with Crippen LogP contribution >= 0.6 is 15.9 Å². The third-order valence-corrected chi connectivity index (χ3v) is 7.21. The van der Waals surface area contributed by atoms with E-state index in [4.69, 9.17) is 4.74 Å². The molecule has 1 saturated heterocycles. The molecule has 0 unspecified atom stereocenters. The Bertz CT molecular complexity index is 1400. The molecule has 36 heavy (non-hydrogen) atoms. The predicted octanol–water partition coefficient (Wildman–Crippen LogP) is 5.07. The summed E-state index contributed by atoms with van der Waals surface area (Å²) in [6, 6.07) is 19.3. The molecular formula is C28H23BrN2O5. The van der Waals surface area contributed by atoms with Crippen LogP contribution in [-0.2, 0) is 9.59 Å². The largest absolute Gasteiger partial charge is 0.426 e. The van der Waals surface area contributed by atoms with Gasteiger partial charge in [0, 0.05) is 17.4 Å². The molecule has 2 aliphatic heterocycles. The van der Waals surface area contributed by atoms with Crippen molar-refractivity contribution < 1.29 is 23.9 Å². The Morgan fingerprint density at radius 2 is 1.69 bits per heavy atom. The Labute approximate surface area is 216 Å². The molecule has 7 nitrogen and oxygen atoms in total. The highest BCUT2D eigenvalue weighted by Gasteiger charge is 2.39. The third-order valence-electron chi connectivity index (χ3n) is 6.72. The molecular weight excluding hydrogens is 524 g/mol. The Morgan fingerprint density at radius 1 is 0.972 bits per heavy atom. The molecule has 0 N–H and O–H groups in total. The Hall–Kier alpha value is -3.78. The quantitative estimate of drug-likeness (QED) is 0.253. The van der Waals surface area contributed by atoms with Crippen molar-refractivity contribution in [2.75, 3.05) is 11.4 Å². The van der Waals surface area contributed by atoms with Crippen LogP contribution in [0.25, 0.3) is 0 Å². The summed E-state index contributed by atoms with van der Waals surface area (Å²) in [7, 11) is 0. The zero-order valence-corrected chi connectivity index (χ0v) is 21.3. The van der Waals surface area contributed by atoms with Gasteiger partial charge in [-0.15, -0.1) is 0 Å². The van der Waals surface area contributed by atoms with E-state index in [1.807, 2.05) is 37.3 Å². The topological polar surface area (TPSA) is 84.0 Å². The number of amides is 3. The number of halogens is 1. The van der Waals surface area contributed by atoms with Gasteiger partial charge in [0.1, 0.15) is 5.75 Å². The molecule has 3 amide bonds. The lowest BCUT2D eigenvalue weighted by molar-refractivity contribution is -0.139. The lowest BCUT2D eigenvalue weighted by Crippen LogP contribution is -2.30. The molecule has 1 fully saturated rings. The minimum absolute atomic E-state index is 0.0860. The normalized spacial score (nSPS) is 18.0. The van der Waals surface area contributed by atoms with E-state index in [1.165, 1.54) is 0 Å². The van der Waals surface area contributed by atoms with Crippen LogP contribution in [0.2, 0.25) is 0 Å². The van der Waals surface area contributed by atoms with Gasteiger partial charge < -0.3 is 9.64 Å². The van der Waals surface area contributed by atoms with Gasteiger partial charge in [-0.2, -0.15) is 0 Å². The van der Waals surface area contributed by atoms with E-state index >= 15 is 0 Å². The SMILES string of the molecule is Cc1cc(OC(=O)[C@H]2CC(=O)N([C@H](C)c3ccccc3)C2)ccc1N1C(=O)c2ccc(Br)cc2C1=O. The molecule has 0 bridgehead atoms. The van der Waals surface area contributed by atoms with Gasteiger partial charge in [0.25, 0.3) is 11.8 Å². The molecule has 0 radical (unpaired) electrons. The predicted molar refractivity (Wildman–Crippen MR) is 137 cm³/mol. The van der Waals surface area contributed by atoms with Crippen molar-refractivity contribution in [3.63, 3.8) is 0 Å². The highest BCUT2D eigenvalue weighted by molar-refractivity contribution is 9.10. The fourth-order valence-electron chi connectivity index (χ4n) is 4.75. The first-order valence-corrected chi connectivity index (χ1v) is 12.4. The molecule has 0 aromatic heterocycles. The number of imide groups is 1. The number of aryl methyl sites for hydroxylation is 1. The van der Waals surface area contributed by atoms with Gasteiger partial charge in [0.2, 0.25) is 5.91 Å². The average molecular weight is 547 g/mol. The monoisotopic (exact) mass is 546 g/mol. The third kappa shape index (κ3) is 4.22. The van der Waals surface area contributed by atoms with E-state index in [-0.39, 0.29) is 24.9 Å². The van der Waals surface area contributed by atoms with Crippen molar-refractivity contribution in [3.05, 3.63) is 93.5 Å². The molecule has 0 saturated carbocycles. The Kier molecular flexibility index (Phi) is 6.22. The van der Waals surface area contributed by atoms with Gasteiger partial charge in [0.05, 0.1) is 28.8 Å². The number of benzene rings is 3. The first-order chi connectivity index (χ1) is 17.2. The molecule has 0 aliphatic carbocycles. The van der Waals surface area contributed by atoms with Gasteiger partial charge in [-0.25, -0.2) is 4.90 Å². The van der Waals surface area contributed by atoms with Crippen molar-refractivity contribution >= 4 is 45.3 Å². The van der Waals surface area contributed by atoms with E-state index in [2.05, 4.69) is 15.9 Å². The number of carbonyl (C=O) groups excluding carboxylic acids is 4. The summed E-state index contributed by atoms with van der Waals surface area (Å²) in [5, 5.41) is 0. The molecule has 8 heteroatoms. The number of carbonyl (C=O) groups is 4. The highest BCUT2D eigenvalue weighted by atomic mass is 79.9. The summed E-state index contributed by atoms with van der Waals surface area (Å²) in [4.78, 5) is 54.2. The Balaban J connectivity index is 1.29. The second-order valence-corrected chi connectivity index (χ2v) is 9.95. The first-order valence-electron chi connectivity index (χ1n) is 11.6. The first kappa shape index (κ1) is 23.9.